The van der Waals surface area contributed by atoms with Gasteiger partial charge in [-0.05, 0) is 42.7 Å². The molecule has 1 amide bonds. The molecule has 4 rings (SSSR count). The van der Waals surface area contributed by atoms with Crippen molar-refractivity contribution in [3.8, 4) is 0 Å². The topological polar surface area (TPSA) is 29.1 Å². The Bertz CT molecular complexity index is 481. The Hall–Kier alpha value is -1.31. The average Bonchev–Trinajstić information content (AvgIpc) is 2.95. The van der Waals surface area contributed by atoms with E-state index >= 15 is 0 Å². The van der Waals surface area contributed by atoms with E-state index in [1.807, 2.05) is 12.1 Å². The van der Waals surface area contributed by atoms with Gasteiger partial charge in [0.05, 0.1) is 5.41 Å². The van der Waals surface area contributed by atoms with Crippen LogP contribution in [-0.4, -0.2) is 5.91 Å². The summed E-state index contributed by atoms with van der Waals surface area (Å²) in [5.74, 6) is 1.66. The number of nitrogens with one attached hydrogen (secondary N) is 1. The number of fused-ring (bicyclic) bond motifs is 5. The molecule has 0 saturated heterocycles. The number of para-hydroxylation sites is 1. The van der Waals surface area contributed by atoms with Crippen LogP contribution in [0.15, 0.2) is 24.3 Å². The summed E-state index contributed by atoms with van der Waals surface area (Å²) >= 11 is 0. The van der Waals surface area contributed by atoms with Crippen molar-refractivity contribution >= 4 is 11.6 Å². The Labute approximate surface area is 95.0 Å². The van der Waals surface area contributed by atoms with Crippen molar-refractivity contribution < 1.29 is 4.79 Å². The van der Waals surface area contributed by atoms with E-state index in [1.54, 1.807) is 0 Å². The van der Waals surface area contributed by atoms with Crippen LogP contribution in [0.3, 0.4) is 0 Å². The van der Waals surface area contributed by atoms with Crippen LogP contribution in [-0.2, 0) is 10.2 Å². The Morgan fingerprint density at radius 1 is 1.25 bits per heavy atom. The lowest BCUT2D eigenvalue weighted by molar-refractivity contribution is -0.122. The molecule has 1 aliphatic heterocycles. The third-order valence-corrected chi connectivity index (χ3v) is 4.91. The van der Waals surface area contributed by atoms with Crippen molar-refractivity contribution in [3.63, 3.8) is 0 Å². The van der Waals surface area contributed by atoms with Gasteiger partial charge in [-0.15, -0.1) is 0 Å². The molecule has 2 bridgehead atoms. The molecular weight excluding hydrogens is 198 g/mol. The maximum absolute atomic E-state index is 12.3. The van der Waals surface area contributed by atoms with Gasteiger partial charge < -0.3 is 5.32 Å². The molecular formula is C14H15NO. The molecule has 2 fully saturated rings. The van der Waals surface area contributed by atoms with Gasteiger partial charge in [0.1, 0.15) is 0 Å². The lowest BCUT2D eigenvalue weighted by Gasteiger charge is -2.31. The molecule has 2 saturated carbocycles. The normalized spacial score (nSPS) is 39.1. The van der Waals surface area contributed by atoms with Gasteiger partial charge in [0, 0.05) is 5.69 Å². The maximum atomic E-state index is 12.3. The number of hydrogen-bond donors (Lipinski definition) is 1. The van der Waals surface area contributed by atoms with E-state index < -0.39 is 0 Å². The first-order valence-corrected chi connectivity index (χ1v) is 6.21. The van der Waals surface area contributed by atoms with Gasteiger partial charge in [-0.3, -0.25) is 4.79 Å². The van der Waals surface area contributed by atoms with E-state index in [4.69, 9.17) is 0 Å². The molecule has 16 heavy (non-hydrogen) atoms. The Balaban J connectivity index is 1.93. The van der Waals surface area contributed by atoms with Crippen LogP contribution in [0.2, 0.25) is 0 Å². The molecule has 1 N–H and O–H groups in total. The second-order valence-corrected chi connectivity index (χ2v) is 5.55. The summed E-state index contributed by atoms with van der Waals surface area (Å²) in [7, 11) is 0. The SMILES string of the molecule is O=C1Nc2ccccc2[C@@]12C[C@H]1CC[C@H]2C1. The zero-order chi connectivity index (χ0) is 10.8. The van der Waals surface area contributed by atoms with Crippen molar-refractivity contribution in [2.75, 3.05) is 5.32 Å². The average molecular weight is 213 g/mol. The van der Waals surface area contributed by atoms with Gasteiger partial charge in [-0.1, -0.05) is 24.6 Å². The fraction of sp³-hybridized carbons (Fsp3) is 0.500. The summed E-state index contributed by atoms with van der Waals surface area (Å²) in [6, 6.07) is 8.25. The van der Waals surface area contributed by atoms with Crippen molar-refractivity contribution in [2.24, 2.45) is 11.8 Å². The van der Waals surface area contributed by atoms with Gasteiger partial charge in [0.15, 0.2) is 0 Å². The minimum Gasteiger partial charge on any atom is -0.325 e. The first-order valence-electron chi connectivity index (χ1n) is 6.21. The molecule has 0 radical (unpaired) electrons. The molecule has 3 aliphatic rings. The minimum absolute atomic E-state index is 0.153. The van der Waals surface area contributed by atoms with Crippen molar-refractivity contribution in [3.05, 3.63) is 29.8 Å². The van der Waals surface area contributed by atoms with Crippen LogP contribution >= 0.6 is 0 Å². The third kappa shape index (κ3) is 0.831. The molecule has 1 aromatic rings. The van der Waals surface area contributed by atoms with Gasteiger partial charge >= 0.3 is 0 Å². The molecule has 1 aromatic carbocycles. The van der Waals surface area contributed by atoms with Gasteiger partial charge in [-0.2, -0.15) is 0 Å². The quantitative estimate of drug-likeness (QED) is 0.705. The summed E-state index contributed by atoms with van der Waals surface area (Å²) in [5.41, 5.74) is 2.17. The number of benzene rings is 1. The van der Waals surface area contributed by atoms with Crippen LogP contribution in [0.1, 0.15) is 31.2 Å². The molecule has 1 spiro atoms. The number of anilines is 1. The highest BCUT2D eigenvalue weighted by molar-refractivity contribution is 6.06. The highest BCUT2D eigenvalue weighted by Crippen LogP contribution is 2.60. The lowest BCUT2D eigenvalue weighted by atomic mass is 9.69. The maximum Gasteiger partial charge on any atom is 0.235 e. The number of carbonyl (C=O) groups excluding carboxylic acids is 1. The van der Waals surface area contributed by atoms with E-state index in [2.05, 4.69) is 17.4 Å². The minimum atomic E-state index is -0.153. The Morgan fingerprint density at radius 3 is 2.88 bits per heavy atom. The molecule has 2 nitrogen and oxygen atoms in total. The fourth-order valence-corrected chi connectivity index (χ4v) is 4.28. The smallest absolute Gasteiger partial charge is 0.235 e. The molecule has 3 atom stereocenters. The van der Waals surface area contributed by atoms with E-state index in [-0.39, 0.29) is 11.3 Å². The van der Waals surface area contributed by atoms with Crippen molar-refractivity contribution in [2.45, 2.75) is 31.1 Å². The number of hydrogen-bond acceptors (Lipinski definition) is 1. The van der Waals surface area contributed by atoms with Crippen LogP contribution < -0.4 is 5.32 Å². The molecule has 0 unspecified atom stereocenters. The zero-order valence-electron chi connectivity index (χ0n) is 9.20. The Kier molecular flexibility index (Phi) is 1.47. The fourth-order valence-electron chi connectivity index (χ4n) is 4.28. The second kappa shape index (κ2) is 2.68. The van der Waals surface area contributed by atoms with E-state index in [0.717, 1.165) is 18.0 Å². The third-order valence-electron chi connectivity index (χ3n) is 4.91. The molecule has 1 heterocycles. The van der Waals surface area contributed by atoms with Crippen LogP contribution in [0.4, 0.5) is 5.69 Å². The van der Waals surface area contributed by atoms with E-state index in [1.165, 1.54) is 24.8 Å². The van der Waals surface area contributed by atoms with E-state index in [9.17, 15) is 4.79 Å². The van der Waals surface area contributed by atoms with E-state index in [0.29, 0.717) is 5.92 Å². The molecule has 82 valence electrons. The summed E-state index contributed by atoms with van der Waals surface area (Å²) in [6.07, 6.45) is 4.93. The van der Waals surface area contributed by atoms with Crippen LogP contribution in [0.5, 0.6) is 0 Å². The summed E-state index contributed by atoms with van der Waals surface area (Å²) in [4.78, 5) is 12.3. The number of carbonyl (C=O) groups is 1. The predicted octanol–water partition coefficient (Wildman–Crippen LogP) is 2.70. The molecule has 2 aliphatic carbocycles. The Morgan fingerprint density at radius 2 is 2.12 bits per heavy atom. The van der Waals surface area contributed by atoms with Gasteiger partial charge in [0.2, 0.25) is 5.91 Å². The van der Waals surface area contributed by atoms with Crippen molar-refractivity contribution in [1.82, 2.24) is 0 Å². The first kappa shape index (κ1) is 8.80. The van der Waals surface area contributed by atoms with Crippen LogP contribution in [0.25, 0.3) is 0 Å². The second-order valence-electron chi connectivity index (χ2n) is 5.55. The largest absolute Gasteiger partial charge is 0.325 e. The molecule has 2 heteroatoms. The standard InChI is InChI=1S/C14H15NO/c16-13-14(8-9-5-6-10(14)7-9)11-3-1-2-4-12(11)15-13/h1-4,9-10H,5-8H2,(H,15,16)/t9-,10-,14-/m0/s1. The van der Waals surface area contributed by atoms with Crippen molar-refractivity contribution in [1.29, 1.82) is 0 Å². The summed E-state index contributed by atoms with van der Waals surface area (Å²) in [5, 5.41) is 3.08. The lowest BCUT2D eigenvalue weighted by Crippen LogP contribution is -2.39. The first-order chi connectivity index (χ1) is 7.80. The highest BCUT2D eigenvalue weighted by atomic mass is 16.2. The predicted molar refractivity (Wildman–Crippen MR) is 62.2 cm³/mol. The number of amides is 1. The summed E-state index contributed by atoms with van der Waals surface area (Å²) < 4.78 is 0. The highest BCUT2D eigenvalue weighted by Gasteiger charge is 2.59. The molecule has 0 aromatic heterocycles. The summed E-state index contributed by atoms with van der Waals surface area (Å²) in [6.45, 7) is 0. The number of rotatable bonds is 0. The monoisotopic (exact) mass is 213 g/mol. The van der Waals surface area contributed by atoms with Gasteiger partial charge in [-0.25, -0.2) is 0 Å². The van der Waals surface area contributed by atoms with Crippen LogP contribution in [0, 0.1) is 11.8 Å². The van der Waals surface area contributed by atoms with Gasteiger partial charge in [0.25, 0.3) is 0 Å². The zero-order valence-corrected chi connectivity index (χ0v) is 9.20.